The van der Waals surface area contributed by atoms with Gasteiger partial charge in [-0.3, -0.25) is 10.9 Å². The molecule has 4 nitrogen and oxygen atoms in total. The summed E-state index contributed by atoms with van der Waals surface area (Å²) in [5.41, 5.74) is 4.30. The maximum Gasteiger partial charge on any atom is 0.416 e. The zero-order valence-electron chi connectivity index (χ0n) is 8.45. The van der Waals surface area contributed by atoms with E-state index in [1.807, 2.05) is 0 Å². The molecule has 0 aliphatic heterocycles. The van der Waals surface area contributed by atoms with Crippen molar-refractivity contribution < 1.29 is 13.2 Å². The molecule has 0 amide bonds. The Hall–Kier alpha value is -1.67. The quantitative estimate of drug-likeness (QED) is 0.326. The minimum absolute atomic E-state index is 0.105. The van der Waals surface area contributed by atoms with Crippen LogP contribution in [0.15, 0.2) is 29.4 Å². The number of nitrogens with one attached hydrogen (secondary N) is 2. The Balaban J connectivity index is 2.66. The van der Waals surface area contributed by atoms with E-state index in [4.69, 9.17) is 5.84 Å². The first-order valence-corrected chi connectivity index (χ1v) is 4.81. The van der Waals surface area contributed by atoms with Gasteiger partial charge in [-0.15, -0.1) is 0 Å². The molecular weight excluding hydrogens is 253 g/mol. The normalized spacial score (nSPS) is 11.5. The molecule has 8 heteroatoms. The lowest BCUT2D eigenvalue weighted by atomic mass is 10.1. The van der Waals surface area contributed by atoms with Crippen LogP contribution in [0.5, 0.6) is 0 Å². The standard InChI is InChI=1S/C9H9F3N4S/c10-9(11,12)7-3-1-6(2-4-7)5-14-16-8(17)15-13/h1-5H,13H2,(H2,15,16,17)/b14-5+. The summed E-state index contributed by atoms with van der Waals surface area (Å²) in [6.07, 6.45) is -3.01. The van der Waals surface area contributed by atoms with Crippen molar-refractivity contribution in [2.75, 3.05) is 0 Å². The summed E-state index contributed by atoms with van der Waals surface area (Å²) in [6, 6.07) is 4.54. The van der Waals surface area contributed by atoms with Crippen molar-refractivity contribution >= 4 is 23.5 Å². The third-order valence-electron chi connectivity index (χ3n) is 1.75. The number of thiocarbonyl (C=S) groups is 1. The van der Waals surface area contributed by atoms with Gasteiger partial charge in [0.2, 0.25) is 5.11 Å². The average Bonchev–Trinajstić information content (AvgIpc) is 2.28. The number of hydrogen-bond acceptors (Lipinski definition) is 3. The molecule has 1 rings (SSSR count). The summed E-state index contributed by atoms with van der Waals surface area (Å²) in [4.78, 5) is 0. The van der Waals surface area contributed by atoms with E-state index in [0.29, 0.717) is 5.56 Å². The second-order valence-corrected chi connectivity index (χ2v) is 3.37. The van der Waals surface area contributed by atoms with Crippen molar-refractivity contribution in [3.63, 3.8) is 0 Å². The van der Waals surface area contributed by atoms with Crippen LogP contribution in [-0.4, -0.2) is 11.3 Å². The Morgan fingerprint density at radius 2 is 1.88 bits per heavy atom. The molecule has 0 unspecified atom stereocenters. The van der Waals surface area contributed by atoms with Crippen LogP contribution in [0.3, 0.4) is 0 Å². The van der Waals surface area contributed by atoms with E-state index in [1.54, 1.807) is 0 Å². The molecule has 17 heavy (non-hydrogen) atoms. The van der Waals surface area contributed by atoms with Gasteiger partial charge in [-0.25, -0.2) is 5.84 Å². The number of hydrazine groups is 1. The van der Waals surface area contributed by atoms with Crippen LogP contribution in [0.25, 0.3) is 0 Å². The van der Waals surface area contributed by atoms with Gasteiger partial charge in [0.15, 0.2) is 0 Å². The van der Waals surface area contributed by atoms with E-state index in [-0.39, 0.29) is 5.11 Å². The van der Waals surface area contributed by atoms with E-state index in [0.717, 1.165) is 12.1 Å². The minimum atomic E-state index is -4.33. The summed E-state index contributed by atoms with van der Waals surface area (Å²) >= 11 is 4.63. The number of alkyl halides is 3. The van der Waals surface area contributed by atoms with Gasteiger partial charge in [0.1, 0.15) is 0 Å². The number of nitrogens with zero attached hydrogens (tertiary/aromatic N) is 1. The Bertz CT molecular complexity index is 413. The van der Waals surface area contributed by atoms with Crippen molar-refractivity contribution in [3.8, 4) is 0 Å². The summed E-state index contributed by atoms with van der Waals surface area (Å²) in [5.74, 6) is 4.97. The van der Waals surface area contributed by atoms with Crippen molar-refractivity contribution in [3.05, 3.63) is 35.4 Å². The van der Waals surface area contributed by atoms with Gasteiger partial charge in [-0.1, -0.05) is 12.1 Å². The number of hydrogen-bond donors (Lipinski definition) is 3. The predicted octanol–water partition coefficient (Wildman–Crippen LogP) is 1.38. The fourth-order valence-corrected chi connectivity index (χ4v) is 1.01. The van der Waals surface area contributed by atoms with Gasteiger partial charge in [0, 0.05) is 0 Å². The van der Waals surface area contributed by atoms with Crippen LogP contribution >= 0.6 is 12.2 Å². The second kappa shape index (κ2) is 5.60. The molecule has 0 radical (unpaired) electrons. The molecule has 0 saturated carbocycles. The van der Waals surface area contributed by atoms with Gasteiger partial charge < -0.3 is 0 Å². The molecule has 0 heterocycles. The van der Waals surface area contributed by atoms with Gasteiger partial charge >= 0.3 is 6.18 Å². The van der Waals surface area contributed by atoms with Crippen LogP contribution in [0.4, 0.5) is 13.2 Å². The second-order valence-electron chi connectivity index (χ2n) is 2.96. The molecule has 92 valence electrons. The molecule has 0 spiro atoms. The Morgan fingerprint density at radius 1 is 1.29 bits per heavy atom. The summed E-state index contributed by atoms with van der Waals surface area (Å²) in [5, 5.41) is 3.77. The largest absolute Gasteiger partial charge is 0.416 e. The first kappa shape index (κ1) is 13.4. The molecule has 0 fully saturated rings. The topological polar surface area (TPSA) is 62.4 Å². The highest BCUT2D eigenvalue weighted by Crippen LogP contribution is 2.28. The molecule has 0 bridgehead atoms. The van der Waals surface area contributed by atoms with E-state index in [2.05, 4.69) is 28.2 Å². The lowest BCUT2D eigenvalue weighted by molar-refractivity contribution is -0.137. The summed E-state index contributed by atoms with van der Waals surface area (Å²) in [7, 11) is 0. The molecule has 0 aliphatic carbocycles. The SMILES string of the molecule is NNC(=S)N/N=C/c1ccc(C(F)(F)F)cc1. The van der Waals surface area contributed by atoms with Gasteiger partial charge in [0.05, 0.1) is 11.8 Å². The predicted molar refractivity (Wildman–Crippen MR) is 62.1 cm³/mol. The lowest BCUT2D eigenvalue weighted by Gasteiger charge is -2.05. The van der Waals surface area contributed by atoms with Crippen LogP contribution in [0.1, 0.15) is 11.1 Å². The molecule has 1 aromatic rings. The van der Waals surface area contributed by atoms with Crippen LogP contribution in [0.2, 0.25) is 0 Å². The number of halogens is 3. The molecular formula is C9H9F3N4S. The highest BCUT2D eigenvalue weighted by atomic mass is 32.1. The fourth-order valence-electron chi connectivity index (χ4n) is 0.956. The summed E-state index contributed by atoms with van der Waals surface area (Å²) < 4.78 is 36.7. The molecule has 0 saturated heterocycles. The zero-order chi connectivity index (χ0) is 12.9. The molecule has 4 N–H and O–H groups in total. The van der Waals surface area contributed by atoms with Crippen molar-refractivity contribution in [2.24, 2.45) is 10.9 Å². The first-order chi connectivity index (χ1) is 7.93. The molecule has 0 aliphatic rings. The third kappa shape index (κ3) is 4.37. The highest BCUT2D eigenvalue weighted by Gasteiger charge is 2.29. The van der Waals surface area contributed by atoms with E-state index in [1.165, 1.54) is 18.3 Å². The molecule has 1 aromatic carbocycles. The first-order valence-electron chi connectivity index (χ1n) is 4.40. The lowest BCUT2D eigenvalue weighted by Crippen LogP contribution is -2.37. The van der Waals surface area contributed by atoms with E-state index in [9.17, 15) is 13.2 Å². The maximum absolute atomic E-state index is 12.2. The highest BCUT2D eigenvalue weighted by molar-refractivity contribution is 7.80. The minimum Gasteiger partial charge on any atom is -0.300 e. The van der Waals surface area contributed by atoms with Crippen LogP contribution in [0, 0.1) is 0 Å². The Labute approximate surface area is 101 Å². The maximum atomic E-state index is 12.2. The van der Waals surface area contributed by atoms with Crippen molar-refractivity contribution in [1.82, 2.24) is 10.9 Å². The Morgan fingerprint density at radius 3 is 2.35 bits per heavy atom. The monoisotopic (exact) mass is 262 g/mol. The number of nitrogens with two attached hydrogens (primary N) is 1. The smallest absolute Gasteiger partial charge is 0.300 e. The van der Waals surface area contributed by atoms with Crippen LogP contribution < -0.4 is 16.7 Å². The van der Waals surface area contributed by atoms with E-state index >= 15 is 0 Å². The van der Waals surface area contributed by atoms with Crippen molar-refractivity contribution in [1.29, 1.82) is 0 Å². The fraction of sp³-hybridized carbons (Fsp3) is 0.111. The third-order valence-corrected chi connectivity index (χ3v) is 1.96. The summed E-state index contributed by atoms with van der Waals surface area (Å²) in [6.45, 7) is 0. The zero-order valence-corrected chi connectivity index (χ0v) is 9.27. The van der Waals surface area contributed by atoms with Gasteiger partial charge in [-0.2, -0.15) is 18.3 Å². The van der Waals surface area contributed by atoms with Crippen molar-refractivity contribution in [2.45, 2.75) is 6.18 Å². The van der Waals surface area contributed by atoms with Gasteiger partial charge in [0.25, 0.3) is 0 Å². The van der Waals surface area contributed by atoms with Gasteiger partial charge in [-0.05, 0) is 29.9 Å². The number of hydrazone groups is 1. The Kier molecular flexibility index (Phi) is 4.41. The molecule has 0 aromatic heterocycles. The van der Waals surface area contributed by atoms with Crippen LogP contribution in [-0.2, 0) is 6.18 Å². The average molecular weight is 262 g/mol. The number of benzene rings is 1. The number of rotatable bonds is 2. The molecule has 0 atom stereocenters. The van der Waals surface area contributed by atoms with E-state index < -0.39 is 11.7 Å².